The van der Waals surface area contributed by atoms with Crippen LogP contribution in [0.15, 0.2) is 35.7 Å². The van der Waals surface area contributed by atoms with Crippen LogP contribution in [0.25, 0.3) is 6.08 Å². The van der Waals surface area contributed by atoms with Crippen LogP contribution >= 0.6 is 11.3 Å². The van der Waals surface area contributed by atoms with Gasteiger partial charge in [0.1, 0.15) is 0 Å². The second-order valence-electron chi connectivity index (χ2n) is 8.22. The maximum Gasteiger partial charge on any atom is 0.416 e. The van der Waals surface area contributed by atoms with Gasteiger partial charge in [0.05, 0.1) is 16.9 Å². The maximum absolute atomic E-state index is 13.1. The normalized spacial score (nSPS) is 16.7. The molecule has 1 aliphatic carbocycles. The lowest BCUT2D eigenvalue weighted by Gasteiger charge is -2.34. The third-order valence-electron chi connectivity index (χ3n) is 5.67. The van der Waals surface area contributed by atoms with Gasteiger partial charge in [-0.2, -0.15) is 13.2 Å². The first-order chi connectivity index (χ1) is 16.1. The first-order valence-electron chi connectivity index (χ1n) is 10.8. The van der Waals surface area contributed by atoms with Crippen LogP contribution in [0, 0.1) is 5.92 Å². The molecule has 2 fully saturated rings. The number of rotatable bonds is 5. The Hall–Kier alpha value is -3.21. The van der Waals surface area contributed by atoms with Crippen molar-refractivity contribution in [3.8, 4) is 0 Å². The molecule has 2 aromatic rings. The molecule has 2 heterocycles. The van der Waals surface area contributed by atoms with E-state index < -0.39 is 17.6 Å². The predicted octanol–water partition coefficient (Wildman–Crippen LogP) is 3.94. The number of nitrogens with zero attached hydrogens (tertiary/aromatic N) is 4. The quantitative estimate of drug-likeness (QED) is 0.593. The van der Waals surface area contributed by atoms with E-state index in [-0.39, 0.29) is 28.6 Å². The number of carbonyl (C=O) groups excluding carboxylic acids is 3. The van der Waals surface area contributed by atoms with E-state index >= 15 is 0 Å². The summed E-state index contributed by atoms with van der Waals surface area (Å²) in [5.41, 5.74) is -0.395. The molecule has 2 aliphatic rings. The molecule has 11 heteroatoms. The van der Waals surface area contributed by atoms with Gasteiger partial charge in [0, 0.05) is 50.5 Å². The summed E-state index contributed by atoms with van der Waals surface area (Å²) in [7, 11) is 0. The summed E-state index contributed by atoms with van der Waals surface area (Å²) in [5, 5.41) is 1.82. The number of anilines is 2. The minimum Gasteiger partial charge on any atom is -0.339 e. The monoisotopic (exact) mass is 492 g/mol. The Morgan fingerprint density at radius 3 is 2.41 bits per heavy atom. The third-order valence-corrected chi connectivity index (χ3v) is 6.52. The molecule has 34 heavy (non-hydrogen) atoms. The highest BCUT2D eigenvalue weighted by Crippen LogP contribution is 2.35. The average molecular weight is 493 g/mol. The number of hydrogen-bond acceptors (Lipinski definition) is 5. The standard InChI is InChI=1S/C23H23F3N4O3S/c1-15(31)30(19-4-2-3-17(13-19)23(24,25)26)22-27-18(14-34-22)7-8-20(32)28-9-11-29(12-10-28)21(33)16-5-6-16/h2-4,7-8,13-14,16H,5-6,9-12H2,1H3/b8-7+. The van der Waals surface area contributed by atoms with Crippen LogP contribution in [0.3, 0.4) is 0 Å². The lowest BCUT2D eigenvalue weighted by Crippen LogP contribution is -2.50. The second kappa shape index (κ2) is 9.57. The lowest BCUT2D eigenvalue weighted by atomic mass is 10.2. The van der Waals surface area contributed by atoms with Crippen LogP contribution in [0.2, 0.25) is 0 Å². The van der Waals surface area contributed by atoms with Crippen molar-refractivity contribution in [2.24, 2.45) is 5.92 Å². The van der Waals surface area contributed by atoms with Crippen molar-refractivity contribution in [3.63, 3.8) is 0 Å². The molecule has 0 unspecified atom stereocenters. The minimum absolute atomic E-state index is 0.0573. The SMILES string of the molecule is CC(=O)N(c1cccc(C(F)(F)F)c1)c1nc(/C=C/C(=O)N2CCN(C(=O)C3CC3)CC2)cs1. The van der Waals surface area contributed by atoms with E-state index in [0.717, 1.165) is 41.2 Å². The fourth-order valence-corrected chi connectivity index (χ4v) is 4.56. The summed E-state index contributed by atoms with van der Waals surface area (Å²) in [6, 6.07) is 4.48. The molecule has 0 N–H and O–H groups in total. The van der Waals surface area contributed by atoms with Gasteiger partial charge in [-0.25, -0.2) is 4.98 Å². The molecule has 4 rings (SSSR count). The largest absolute Gasteiger partial charge is 0.416 e. The van der Waals surface area contributed by atoms with E-state index in [0.29, 0.717) is 31.9 Å². The zero-order chi connectivity index (χ0) is 24.5. The zero-order valence-corrected chi connectivity index (χ0v) is 19.2. The van der Waals surface area contributed by atoms with Crippen LogP contribution in [0.4, 0.5) is 24.0 Å². The van der Waals surface area contributed by atoms with Crippen LogP contribution in [-0.4, -0.2) is 58.7 Å². The van der Waals surface area contributed by atoms with E-state index in [4.69, 9.17) is 0 Å². The number of piperazine rings is 1. The Labute approximate surface area is 198 Å². The van der Waals surface area contributed by atoms with Crippen LogP contribution in [0.1, 0.15) is 31.0 Å². The highest BCUT2D eigenvalue weighted by molar-refractivity contribution is 7.14. The molecule has 1 saturated heterocycles. The van der Waals surface area contributed by atoms with Gasteiger partial charge in [-0.05, 0) is 37.1 Å². The molecule has 1 aliphatic heterocycles. The van der Waals surface area contributed by atoms with Crippen molar-refractivity contribution in [2.45, 2.75) is 25.9 Å². The van der Waals surface area contributed by atoms with Crippen molar-refractivity contribution < 1.29 is 27.6 Å². The Morgan fingerprint density at radius 1 is 1.12 bits per heavy atom. The average Bonchev–Trinajstić information content (AvgIpc) is 3.56. The number of thiazole rings is 1. The van der Waals surface area contributed by atoms with Gasteiger partial charge in [-0.1, -0.05) is 6.07 Å². The van der Waals surface area contributed by atoms with Crippen LogP contribution in [-0.2, 0) is 20.6 Å². The molecule has 0 spiro atoms. The summed E-state index contributed by atoms with van der Waals surface area (Å²) >= 11 is 1.09. The molecular weight excluding hydrogens is 469 g/mol. The van der Waals surface area contributed by atoms with Crippen molar-refractivity contribution in [1.29, 1.82) is 0 Å². The van der Waals surface area contributed by atoms with E-state index in [9.17, 15) is 27.6 Å². The Morgan fingerprint density at radius 2 is 1.79 bits per heavy atom. The van der Waals surface area contributed by atoms with Gasteiger partial charge in [0.15, 0.2) is 5.13 Å². The van der Waals surface area contributed by atoms with E-state index in [1.54, 1.807) is 10.3 Å². The molecule has 3 amide bonds. The molecule has 1 aromatic carbocycles. The third kappa shape index (κ3) is 5.46. The summed E-state index contributed by atoms with van der Waals surface area (Å²) in [4.78, 5) is 45.8. The first-order valence-corrected chi connectivity index (χ1v) is 11.7. The van der Waals surface area contributed by atoms with Crippen molar-refractivity contribution in [2.75, 3.05) is 31.1 Å². The first kappa shape index (κ1) is 23.9. The summed E-state index contributed by atoms with van der Waals surface area (Å²) in [5.74, 6) is -0.367. The van der Waals surface area contributed by atoms with Crippen LogP contribution < -0.4 is 4.90 Å². The van der Waals surface area contributed by atoms with Crippen molar-refractivity contribution in [3.05, 3.63) is 47.0 Å². The van der Waals surface area contributed by atoms with Gasteiger partial charge in [0.2, 0.25) is 17.7 Å². The fraction of sp³-hybridized carbons (Fsp3) is 0.391. The topological polar surface area (TPSA) is 73.8 Å². The molecule has 1 saturated carbocycles. The lowest BCUT2D eigenvalue weighted by molar-refractivity contribution is -0.138. The number of carbonyl (C=O) groups is 3. The number of halogens is 3. The number of hydrogen-bond donors (Lipinski definition) is 0. The predicted molar refractivity (Wildman–Crippen MR) is 121 cm³/mol. The minimum atomic E-state index is -4.54. The number of aromatic nitrogens is 1. The molecule has 180 valence electrons. The van der Waals surface area contributed by atoms with Crippen molar-refractivity contribution >= 4 is 46.0 Å². The summed E-state index contributed by atoms with van der Waals surface area (Å²) in [6.45, 7) is 3.18. The highest BCUT2D eigenvalue weighted by Gasteiger charge is 2.35. The smallest absolute Gasteiger partial charge is 0.339 e. The Balaban J connectivity index is 1.41. The zero-order valence-electron chi connectivity index (χ0n) is 18.4. The Bertz CT molecular complexity index is 1120. The van der Waals surface area contributed by atoms with Gasteiger partial charge in [-0.15, -0.1) is 11.3 Å². The van der Waals surface area contributed by atoms with Crippen molar-refractivity contribution in [1.82, 2.24) is 14.8 Å². The van der Waals surface area contributed by atoms with E-state index in [1.807, 2.05) is 4.90 Å². The molecule has 0 radical (unpaired) electrons. The fourth-order valence-electron chi connectivity index (χ4n) is 3.70. The van der Waals surface area contributed by atoms with Gasteiger partial charge in [0.25, 0.3) is 0 Å². The van der Waals surface area contributed by atoms with Gasteiger partial charge >= 0.3 is 6.18 Å². The molecule has 7 nitrogen and oxygen atoms in total. The molecular formula is C23H23F3N4O3S. The second-order valence-corrected chi connectivity index (χ2v) is 9.05. The Kier molecular flexibility index (Phi) is 6.74. The number of alkyl halides is 3. The van der Waals surface area contributed by atoms with E-state index in [1.165, 1.54) is 31.2 Å². The molecule has 0 bridgehead atoms. The number of benzene rings is 1. The van der Waals surface area contributed by atoms with E-state index in [2.05, 4.69) is 4.98 Å². The highest BCUT2D eigenvalue weighted by atomic mass is 32.1. The molecule has 1 aromatic heterocycles. The van der Waals surface area contributed by atoms with Crippen LogP contribution in [0.5, 0.6) is 0 Å². The maximum atomic E-state index is 13.1. The van der Waals surface area contributed by atoms with Gasteiger partial charge < -0.3 is 9.80 Å². The summed E-state index contributed by atoms with van der Waals surface area (Å²) < 4.78 is 39.3. The van der Waals surface area contributed by atoms with Gasteiger partial charge in [-0.3, -0.25) is 19.3 Å². The molecule has 0 atom stereocenters. The number of amides is 3. The summed E-state index contributed by atoms with van der Waals surface area (Å²) in [6.07, 6.45) is 0.247.